The molecule has 1 aromatic carbocycles. The Hall–Kier alpha value is -1.26. The quantitative estimate of drug-likeness (QED) is 0.824. The molecule has 0 radical (unpaired) electrons. The van der Waals surface area contributed by atoms with Crippen LogP contribution in [0.3, 0.4) is 0 Å². The van der Waals surface area contributed by atoms with Gasteiger partial charge in [-0.2, -0.15) is 0 Å². The molecule has 0 bridgehead atoms. The molecule has 1 amide bonds. The van der Waals surface area contributed by atoms with Gasteiger partial charge in [-0.05, 0) is 44.0 Å². The van der Waals surface area contributed by atoms with Gasteiger partial charge in [0, 0.05) is 15.0 Å². The number of benzene rings is 1. The van der Waals surface area contributed by atoms with Crippen molar-refractivity contribution in [3.8, 4) is 0 Å². The zero-order valence-corrected chi connectivity index (χ0v) is 13.7. The average molecular weight is 317 g/mol. The SMILES string of the molecule is Cc1ccc(C(=O)Nc2ccccc2SC2CCCC2)s1. The molecule has 0 atom stereocenters. The second-order valence-electron chi connectivity index (χ2n) is 5.38. The normalized spacial score (nSPS) is 15.3. The number of amides is 1. The van der Waals surface area contributed by atoms with Gasteiger partial charge in [0.2, 0.25) is 0 Å². The Morgan fingerprint density at radius 2 is 1.95 bits per heavy atom. The Morgan fingerprint density at radius 3 is 2.67 bits per heavy atom. The van der Waals surface area contributed by atoms with E-state index < -0.39 is 0 Å². The van der Waals surface area contributed by atoms with Crippen LogP contribution in [-0.2, 0) is 0 Å². The maximum absolute atomic E-state index is 12.3. The molecular weight excluding hydrogens is 298 g/mol. The molecule has 1 fully saturated rings. The Morgan fingerprint density at radius 1 is 1.19 bits per heavy atom. The molecule has 1 aliphatic rings. The average Bonchev–Trinajstić information content (AvgIpc) is 3.12. The van der Waals surface area contributed by atoms with Crippen LogP contribution < -0.4 is 5.32 Å². The molecule has 1 heterocycles. The third-order valence-electron chi connectivity index (χ3n) is 3.70. The molecule has 0 saturated heterocycles. The highest BCUT2D eigenvalue weighted by Crippen LogP contribution is 2.38. The maximum atomic E-state index is 12.3. The second-order valence-corrected chi connectivity index (χ2v) is 8.01. The number of thiophene rings is 1. The maximum Gasteiger partial charge on any atom is 0.265 e. The van der Waals surface area contributed by atoms with E-state index in [2.05, 4.69) is 11.4 Å². The van der Waals surface area contributed by atoms with E-state index in [9.17, 15) is 4.79 Å². The van der Waals surface area contributed by atoms with Gasteiger partial charge in [0.1, 0.15) is 0 Å². The van der Waals surface area contributed by atoms with Gasteiger partial charge < -0.3 is 5.32 Å². The molecule has 1 N–H and O–H groups in total. The number of aryl methyl sites for hydroxylation is 1. The van der Waals surface area contributed by atoms with Crippen LogP contribution >= 0.6 is 23.1 Å². The molecule has 0 spiro atoms. The lowest BCUT2D eigenvalue weighted by Crippen LogP contribution is -2.11. The monoisotopic (exact) mass is 317 g/mol. The summed E-state index contributed by atoms with van der Waals surface area (Å²) in [7, 11) is 0. The van der Waals surface area contributed by atoms with E-state index in [0.29, 0.717) is 5.25 Å². The highest BCUT2D eigenvalue weighted by Gasteiger charge is 2.18. The Balaban J connectivity index is 1.73. The standard InChI is InChI=1S/C17H19NOS2/c1-12-10-11-16(20-12)17(19)18-14-8-4-5-9-15(14)21-13-6-2-3-7-13/h4-5,8-11,13H,2-3,6-7H2,1H3,(H,18,19). The molecule has 21 heavy (non-hydrogen) atoms. The van der Waals surface area contributed by atoms with Crippen LogP contribution in [0.15, 0.2) is 41.3 Å². The van der Waals surface area contributed by atoms with Crippen molar-refractivity contribution < 1.29 is 4.79 Å². The summed E-state index contributed by atoms with van der Waals surface area (Å²) in [6.45, 7) is 2.02. The lowest BCUT2D eigenvalue weighted by atomic mass is 10.3. The number of anilines is 1. The van der Waals surface area contributed by atoms with Crippen molar-refractivity contribution in [1.82, 2.24) is 0 Å². The van der Waals surface area contributed by atoms with Gasteiger partial charge in [0.15, 0.2) is 0 Å². The number of rotatable bonds is 4. The first-order chi connectivity index (χ1) is 10.2. The number of thioether (sulfide) groups is 1. The van der Waals surface area contributed by atoms with Crippen LogP contribution in [0.4, 0.5) is 5.69 Å². The number of hydrogen-bond donors (Lipinski definition) is 1. The fraction of sp³-hybridized carbons (Fsp3) is 0.353. The lowest BCUT2D eigenvalue weighted by Gasteiger charge is -2.13. The molecule has 4 heteroatoms. The van der Waals surface area contributed by atoms with Gasteiger partial charge in [-0.25, -0.2) is 0 Å². The van der Waals surface area contributed by atoms with E-state index in [1.54, 1.807) is 0 Å². The van der Waals surface area contributed by atoms with E-state index in [0.717, 1.165) is 15.4 Å². The van der Waals surface area contributed by atoms with Crippen LogP contribution in [0, 0.1) is 6.92 Å². The van der Waals surface area contributed by atoms with E-state index in [-0.39, 0.29) is 5.91 Å². The summed E-state index contributed by atoms with van der Waals surface area (Å²) in [5.41, 5.74) is 0.936. The van der Waals surface area contributed by atoms with Crippen LogP contribution in [0.5, 0.6) is 0 Å². The number of nitrogens with one attached hydrogen (secondary N) is 1. The summed E-state index contributed by atoms with van der Waals surface area (Å²) >= 11 is 3.44. The van der Waals surface area contributed by atoms with Gasteiger partial charge in [0.25, 0.3) is 5.91 Å². The minimum absolute atomic E-state index is 0.00688. The van der Waals surface area contributed by atoms with Crippen molar-refractivity contribution in [3.63, 3.8) is 0 Å². The Kier molecular flexibility index (Phi) is 4.66. The zero-order valence-electron chi connectivity index (χ0n) is 12.1. The highest BCUT2D eigenvalue weighted by molar-refractivity contribution is 8.00. The molecule has 1 saturated carbocycles. The summed E-state index contributed by atoms with van der Waals surface area (Å²) in [6.07, 6.45) is 5.25. The summed E-state index contributed by atoms with van der Waals surface area (Å²) in [5.74, 6) is -0.00688. The summed E-state index contributed by atoms with van der Waals surface area (Å²) in [6, 6.07) is 12.0. The van der Waals surface area contributed by atoms with Crippen molar-refractivity contribution in [2.75, 3.05) is 5.32 Å². The molecule has 2 aromatic rings. The number of para-hydroxylation sites is 1. The minimum Gasteiger partial charge on any atom is -0.320 e. The second kappa shape index (κ2) is 6.67. The first kappa shape index (κ1) is 14.7. The molecule has 0 unspecified atom stereocenters. The van der Waals surface area contributed by atoms with E-state index >= 15 is 0 Å². The molecule has 1 aliphatic carbocycles. The zero-order chi connectivity index (χ0) is 14.7. The first-order valence-electron chi connectivity index (χ1n) is 7.36. The third-order valence-corrected chi connectivity index (χ3v) is 6.11. The first-order valence-corrected chi connectivity index (χ1v) is 9.05. The predicted molar refractivity (Wildman–Crippen MR) is 91.6 cm³/mol. The predicted octanol–water partition coefficient (Wildman–Crippen LogP) is 5.34. The summed E-state index contributed by atoms with van der Waals surface area (Å²) in [4.78, 5) is 15.4. The van der Waals surface area contributed by atoms with Crippen LogP contribution in [0.1, 0.15) is 40.2 Å². The van der Waals surface area contributed by atoms with Crippen LogP contribution in [0.2, 0.25) is 0 Å². The third kappa shape index (κ3) is 3.69. The summed E-state index contributed by atoms with van der Waals surface area (Å²) < 4.78 is 0. The van der Waals surface area contributed by atoms with Crippen LogP contribution in [-0.4, -0.2) is 11.2 Å². The lowest BCUT2D eigenvalue weighted by molar-refractivity contribution is 0.103. The molecule has 0 aliphatic heterocycles. The number of hydrogen-bond acceptors (Lipinski definition) is 3. The van der Waals surface area contributed by atoms with Crippen molar-refractivity contribution in [2.24, 2.45) is 0 Å². The van der Waals surface area contributed by atoms with E-state index in [4.69, 9.17) is 0 Å². The molecule has 1 aromatic heterocycles. The molecular formula is C17H19NOS2. The fourth-order valence-corrected chi connectivity index (χ4v) is 4.69. The van der Waals surface area contributed by atoms with Crippen molar-refractivity contribution >= 4 is 34.7 Å². The minimum atomic E-state index is -0.00688. The number of carbonyl (C=O) groups excluding carboxylic acids is 1. The van der Waals surface area contributed by atoms with Crippen molar-refractivity contribution in [2.45, 2.75) is 42.8 Å². The number of carbonyl (C=O) groups is 1. The van der Waals surface area contributed by atoms with Crippen molar-refractivity contribution in [1.29, 1.82) is 0 Å². The van der Waals surface area contributed by atoms with Crippen LogP contribution in [0.25, 0.3) is 0 Å². The molecule has 110 valence electrons. The smallest absolute Gasteiger partial charge is 0.265 e. The largest absolute Gasteiger partial charge is 0.320 e. The fourth-order valence-electron chi connectivity index (χ4n) is 2.60. The van der Waals surface area contributed by atoms with Crippen molar-refractivity contribution in [3.05, 3.63) is 46.2 Å². The summed E-state index contributed by atoms with van der Waals surface area (Å²) in [5, 5.41) is 3.77. The van der Waals surface area contributed by atoms with Gasteiger partial charge >= 0.3 is 0 Å². The van der Waals surface area contributed by atoms with Gasteiger partial charge in [-0.1, -0.05) is 25.0 Å². The Bertz CT molecular complexity index is 629. The van der Waals surface area contributed by atoms with E-state index in [1.165, 1.54) is 41.9 Å². The van der Waals surface area contributed by atoms with Gasteiger partial charge in [-0.15, -0.1) is 23.1 Å². The van der Waals surface area contributed by atoms with Gasteiger partial charge in [0.05, 0.1) is 10.6 Å². The van der Waals surface area contributed by atoms with E-state index in [1.807, 2.05) is 49.0 Å². The Labute approximate surface area is 134 Å². The van der Waals surface area contributed by atoms with Gasteiger partial charge in [-0.3, -0.25) is 4.79 Å². The molecule has 2 nitrogen and oxygen atoms in total. The highest BCUT2D eigenvalue weighted by atomic mass is 32.2. The molecule has 3 rings (SSSR count). The topological polar surface area (TPSA) is 29.1 Å².